The van der Waals surface area contributed by atoms with Crippen LogP contribution < -0.4 is 5.32 Å². The molecule has 0 bridgehead atoms. The first-order valence-corrected chi connectivity index (χ1v) is 7.52. The van der Waals surface area contributed by atoms with E-state index in [9.17, 15) is 0 Å². The second-order valence-electron chi connectivity index (χ2n) is 5.10. The van der Waals surface area contributed by atoms with Crippen LogP contribution in [0.3, 0.4) is 0 Å². The fraction of sp³-hybridized carbons (Fsp3) is 0.412. The molecule has 1 N–H and O–H groups in total. The molecular weight excluding hydrogens is 270 g/mol. The highest BCUT2D eigenvalue weighted by Crippen LogP contribution is 2.32. The Morgan fingerprint density at radius 2 is 1.85 bits per heavy atom. The molecule has 0 fully saturated rings. The predicted octanol–water partition coefficient (Wildman–Crippen LogP) is 4.81. The van der Waals surface area contributed by atoms with E-state index in [0.717, 1.165) is 29.3 Å². The zero-order valence-electron chi connectivity index (χ0n) is 12.6. The van der Waals surface area contributed by atoms with Crippen molar-refractivity contribution in [3.05, 3.63) is 57.5 Å². The van der Waals surface area contributed by atoms with Gasteiger partial charge in [0.1, 0.15) is 5.76 Å². The van der Waals surface area contributed by atoms with Crippen molar-refractivity contribution in [3.63, 3.8) is 0 Å². The van der Waals surface area contributed by atoms with E-state index < -0.39 is 0 Å². The Morgan fingerprint density at radius 3 is 2.50 bits per heavy atom. The van der Waals surface area contributed by atoms with Gasteiger partial charge in [0.05, 0.1) is 12.3 Å². The summed E-state index contributed by atoms with van der Waals surface area (Å²) in [6.07, 6.45) is 2.64. The van der Waals surface area contributed by atoms with Gasteiger partial charge < -0.3 is 9.73 Å². The zero-order chi connectivity index (χ0) is 14.7. The summed E-state index contributed by atoms with van der Waals surface area (Å²) >= 11 is 6.47. The van der Waals surface area contributed by atoms with Crippen molar-refractivity contribution in [3.8, 4) is 0 Å². The number of hydrogen-bond donors (Lipinski definition) is 1. The number of halogens is 1. The summed E-state index contributed by atoms with van der Waals surface area (Å²) in [5.41, 5.74) is 4.78. The van der Waals surface area contributed by atoms with Gasteiger partial charge in [-0.05, 0) is 49.2 Å². The van der Waals surface area contributed by atoms with Crippen LogP contribution >= 0.6 is 11.6 Å². The molecule has 0 amide bonds. The molecule has 2 nitrogen and oxygen atoms in total. The normalized spacial score (nSPS) is 12.7. The second-order valence-corrected chi connectivity index (χ2v) is 5.51. The standard InChI is InChI=1S/C17H22ClNO/c1-5-16-13(7-8-20-16)17(19-6-2)14-9-11(3)12(4)10-15(14)18/h7-10,17,19H,5-6H2,1-4H3. The zero-order valence-corrected chi connectivity index (χ0v) is 13.3. The number of furan rings is 1. The summed E-state index contributed by atoms with van der Waals surface area (Å²) in [7, 11) is 0. The van der Waals surface area contributed by atoms with Crippen molar-refractivity contribution >= 4 is 11.6 Å². The predicted molar refractivity (Wildman–Crippen MR) is 84.5 cm³/mol. The van der Waals surface area contributed by atoms with Crippen molar-refractivity contribution in [2.75, 3.05) is 6.54 Å². The first-order chi connectivity index (χ1) is 9.58. The molecule has 0 aliphatic heterocycles. The average molecular weight is 292 g/mol. The van der Waals surface area contributed by atoms with Crippen molar-refractivity contribution < 1.29 is 4.42 Å². The Labute approximate surface area is 126 Å². The lowest BCUT2D eigenvalue weighted by molar-refractivity contribution is 0.502. The minimum absolute atomic E-state index is 0.0838. The lowest BCUT2D eigenvalue weighted by atomic mass is 9.95. The molecule has 20 heavy (non-hydrogen) atoms. The van der Waals surface area contributed by atoms with Gasteiger partial charge in [-0.15, -0.1) is 0 Å². The number of hydrogen-bond acceptors (Lipinski definition) is 2. The van der Waals surface area contributed by atoms with Crippen LogP contribution in [0.1, 0.15) is 47.9 Å². The molecule has 0 saturated heterocycles. The van der Waals surface area contributed by atoms with Crippen LogP contribution in [0, 0.1) is 13.8 Å². The van der Waals surface area contributed by atoms with Crippen LogP contribution in [0.4, 0.5) is 0 Å². The lowest BCUT2D eigenvalue weighted by Crippen LogP contribution is -2.23. The molecular formula is C17H22ClNO. The maximum absolute atomic E-state index is 6.47. The lowest BCUT2D eigenvalue weighted by Gasteiger charge is -2.21. The van der Waals surface area contributed by atoms with Crippen LogP contribution in [-0.2, 0) is 6.42 Å². The smallest absolute Gasteiger partial charge is 0.108 e. The molecule has 2 aromatic rings. The highest BCUT2D eigenvalue weighted by molar-refractivity contribution is 6.31. The Balaban J connectivity index is 2.51. The molecule has 1 unspecified atom stereocenters. The number of rotatable bonds is 5. The van der Waals surface area contributed by atoms with Gasteiger partial charge >= 0.3 is 0 Å². The van der Waals surface area contributed by atoms with Crippen molar-refractivity contribution in [2.24, 2.45) is 0 Å². The summed E-state index contributed by atoms with van der Waals surface area (Å²) in [6.45, 7) is 9.29. The fourth-order valence-electron chi connectivity index (χ4n) is 2.51. The first kappa shape index (κ1) is 15.1. The maximum Gasteiger partial charge on any atom is 0.108 e. The van der Waals surface area contributed by atoms with Gasteiger partial charge in [-0.2, -0.15) is 0 Å². The van der Waals surface area contributed by atoms with Crippen LogP contribution in [0.15, 0.2) is 28.9 Å². The maximum atomic E-state index is 6.47. The van der Waals surface area contributed by atoms with Gasteiger partial charge in [-0.1, -0.05) is 31.5 Å². The van der Waals surface area contributed by atoms with Gasteiger partial charge in [0, 0.05) is 17.0 Å². The topological polar surface area (TPSA) is 25.2 Å². The van der Waals surface area contributed by atoms with E-state index in [1.807, 2.05) is 12.1 Å². The molecule has 0 saturated carbocycles. The van der Waals surface area contributed by atoms with Gasteiger partial charge in [-0.25, -0.2) is 0 Å². The summed E-state index contributed by atoms with van der Waals surface area (Å²) in [4.78, 5) is 0. The highest BCUT2D eigenvalue weighted by atomic mass is 35.5. The fourth-order valence-corrected chi connectivity index (χ4v) is 2.84. The molecule has 0 radical (unpaired) electrons. The largest absolute Gasteiger partial charge is 0.469 e. The Morgan fingerprint density at radius 1 is 1.15 bits per heavy atom. The third-order valence-electron chi connectivity index (χ3n) is 3.74. The number of benzene rings is 1. The molecule has 3 heteroatoms. The van der Waals surface area contributed by atoms with E-state index in [-0.39, 0.29) is 6.04 Å². The molecule has 0 spiro atoms. The monoisotopic (exact) mass is 291 g/mol. The SMILES string of the molecule is CCNC(c1cc(C)c(C)cc1Cl)c1ccoc1CC. The Bertz CT molecular complexity index is 589. The van der Waals surface area contributed by atoms with Crippen LogP contribution in [-0.4, -0.2) is 6.54 Å². The third-order valence-corrected chi connectivity index (χ3v) is 4.07. The Hall–Kier alpha value is -1.25. The molecule has 1 heterocycles. The average Bonchev–Trinajstić information content (AvgIpc) is 2.88. The Kier molecular flexibility index (Phi) is 4.90. The van der Waals surface area contributed by atoms with E-state index in [4.69, 9.17) is 16.0 Å². The second kappa shape index (κ2) is 6.47. The summed E-state index contributed by atoms with van der Waals surface area (Å²) in [5.74, 6) is 1.02. The third kappa shape index (κ3) is 2.92. The first-order valence-electron chi connectivity index (χ1n) is 7.14. The minimum atomic E-state index is 0.0838. The quantitative estimate of drug-likeness (QED) is 0.855. The minimum Gasteiger partial charge on any atom is -0.469 e. The summed E-state index contributed by atoms with van der Waals surface area (Å²) in [5, 5.41) is 4.33. The molecule has 0 aliphatic rings. The van der Waals surface area contributed by atoms with Gasteiger partial charge in [0.15, 0.2) is 0 Å². The van der Waals surface area contributed by atoms with E-state index in [1.54, 1.807) is 6.26 Å². The van der Waals surface area contributed by atoms with Gasteiger partial charge in [-0.3, -0.25) is 0 Å². The summed E-state index contributed by atoms with van der Waals surface area (Å²) in [6, 6.07) is 6.35. The van der Waals surface area contributed by atoms with Crippen LogP contribution in [0.5, 0.6) is 0 Å². The van der Waals surface area contributed by atoms with E-state index in [0.29, 0.717) is 0 Å². The van der Waals surface area contributed by atoms with Gasteiger partial charge in [0.2, 0.25) is 0 Å². The van der Waals surface area contributed by atoms with Crippen molar-refractivity contribution in [1.29, 1.82) is 0 Å². The van der Waals surface area contributed by atoms with Crippen molar-refractivity contribution in [2.45, 2.75) is 40.2 Å². The summed E-state index contributed by atoms with van der Waals surface area (Å²) < 4.78 is 5.57. The van der Waals surface area contributed by atoms with Crippen LogP contribution in [0.25, 0.3) is 0 Å². The molecule has 1 aromatic heterocycles. The van der Waals surface area contributed by atoms with Gasteiger partial charge in [0.25, 0.3) is 0 Å². The highest BCUT2D eigenvalue weighted by Gasteiger charge is 2.21. The van der Waals surface area contributed by atoms with E-state index in [1.165, 1.54) is 16.7 Å². The van der Waals surface area contributed by atoms with E-state index >= 15 is 0 Å². The molecule has 1 atom stereocenters. The number of nitrogens with one attached hydrogen (secondary N) is 1. The molecule has 108 valence electrons. The van der Waals surface area contributed by atoms with Crippen LogP contribution in [0.2, 0.25) is 5.02 Å². The van der Waals surface area contributed by atoms with Crippen molar-refractivity contribution in [1.82, 2.24) is 5.32 Å². The molecule has 2 rings (SSSR count). The molecule has 0 aliphatic carbocycles. The van der Waals surface area contributed by atoms with E-state index in [2.05, 4.69) is 39.1 Å². The number of aryl methyl sites for hydroxylation is 3. The molecule has 1 aromatic carbocycles.